The molecular weight excluding hydrogens is 390 g/mol. The zero-order chi connectivity index (χ0) is 20.1. The molecule has 0 spiro atoms. The second-order valence-electron chi connectivity index (χ2n) is 7.01. The van der Waals surface area contributed by atoms with Crippen LogP contribution < -0.4 is 4.74 Å². The van der Waals surface area contributed by atoms with Crippen LogP contribution in [-0.4, -0.2) is 40.6 Å². The van der Waals surface area contributed by atoms with Crippen LogP contribution >= 0.6 is 11.6 Å². The summed E-state index contributed by atoms with van der Waals surface area (Å²) >= 11 is 5.93. The van der Waals surface area contributed by atoms with Gasteiger partial charge in [-0.2, -0.15) is 4.98 Å². The van der Waals surface area contributed by atoms with Crippen molar-refractivity contribution in [3.05, 3.63) is 53.6 Å². The normalized spacial score (nSPS) is 14.4. The lowest BCUT2D eigenvalue weighted by molar-refractivity contribution is -0.133. The molecule has 0 bridgehead atoms. The van der Waals surface area contributed by atoms with E-state index in [4.69, 9.17) is 20.9 Å². The fourth-order valence-electron chi connectivity index (χ4n) is 3.37. The number of aromatic nitrogens is 2. The Kier molecular flexibility index (Phi) is 6.10. The van der Waals surface area contributed by atoms with Crippen molar-refractivity contribution in [2.24, 2.45) is 0 Å². The van der Waals surface area contributed by atoms with Gasteiger partial charge in [0.2, 0.25) is 5.82 Å². The molecule has 0 aliphatic carbocycles. The van der Waals surface area contributed by atoms with E-state index in [9.17, 15) is 4.79 Å². The largest absolute Gasteiger partial charge is 0.483 e. The number of halogens is 1. The third-order valence-corrected chi connectivity index (χ3v) is 5.21. The van der Waals surface area contributed by atoms with E-state index in [0.29, 0.717) is 28.1 Å². The fraction of sp³-hybridized carbons (Fsp3) is 0.318. The van der Waals surface area contributed by atoms with Gasteiger partial charge < -0.3 is 14.2 Å². The Labute approximate surface area is 174 Å². The summed E-state index contributed by atoms with van der Waals surface area (Å²) < 4.78 is 11.2. The predicted molar refractivity (Wildman–Crippen MR) is 111 cm³/mol. The fourth-order valence-corrected chi connectivity index (χ4v) is 3.50. The molecule has 0 radical (unpaired) electrons. The number of hydrogen-bond donors (Lipinski definition) is 0. The maximum absolute atomic E-state index is 12.5. The summed E-state index contributed by atoms with van der Waals surface area (Å²) in [6, 6.07) is 14.6. The molecular formula is C22H22ClN3O3. The highest BCUT2D eigenvalue weighted by atomic mass is 35.5. The molecule has 2 heterocycles. The SMILES string of the molecule is O=C(COc1ccccc1-c1noc(-c2ccc(Cl)cc2)n1)N1CCCCCC1. The standard InChI is InChI=1S/C22H22ClN3O3/c23-17-11-9-16(10-12-17)22-24-21(25-29-22)18-7-3-4-8-19(18)28-15-20(27)26-13-5-1-2-6-14-26/h3-4,7-12H,1-2,5-6,13-15H2. The van der Waals surface area contributed by atoms with Crippen molar-refractivity contribution in [1.29, 1.82) is 0 Å². The number of rotatable bonds is 5. The van der Waals surface area contributed by atoms with Crippen LogP contribution in [0.4, 0.5) is 0 Å². The van der Waals surface area contributed by atoms with Crippen LogP contribution in [0.25, 0.3) is 22.8 Å². The Morgan fingerprint density at radius 1 is 1.03 bits per heavy atom. The van der Waals surface area contributed by atoms with E-state index in [-0.39, 0.29) is 12.5 Å². The van der Waals surface area contributed by atoms with Crippen molar-refractivity contribution < 1.29 is 14.1 Å². The summed E-state index contributed by atoms with van der Waals surface area (Å²) in [5, 5.41) is 4.72. The number of carbonyl (C=O) groups excluding carboxylic acids is 1. The van der Waals surface area contributed by atoms with Crippen LogP contribution in [0.5, 0.6) is 5.75 Å². The van der Waals surface area contributed by atoms with Crippen molar-refractivity contribution in [1.82, 2.24) is 15.0 Å². The van der Waals surface area contributed by atoms with Crippen LogP contribution in [0.15, 0.2) is 53.1 Å². The number of ether oxygens (including phenoxy) is 1. The van der Waals surface area contributed by atoms with Gasteiger partial charge in [-0.15, -0.1) is 0 Å². The number of carbonyl (C=O) groups is 1. The Balaban J connectivity index is 1.48. The minimum absolute atomic E-state index is 0.00109. The van der Waals surface area contributed by atoms with Gasteiger partial charge in [0.15, 0.2) is 6.61 Å². The lowest BCUT2D eigenvalue weighted by Crippen LogP contribution is -2.35. The lowest BCUT2D eigenvalue weighted by Gasteiger charge is -2.20. The molecule has 0 unspecified atom stereocenters. The van der Waals surface area contributed by atoms with Gasteiger partial charge in [0, 0.05) is 23.7 Å². The lowest BCUT2D eigenvalue weighted by atomic mass is 10.2. The van der Waals surface area contributed by atoms with Gasteiger partial charge in [-0.25, -0.2) is 0 Å². The second-order valence-corrected chi connectivity index (χ2v) is 7.45. The Morgan fingerprint density at radius 2 is 1.76 bits per heavy atom. The molecule has 1 aromatic heterocycles. The van der Waals surface area contributed by atoms with Gasteiger partial charge in [-0.3, -0.25) is 4.79 Å². The van der Waals surface area contributed by atoms with Gasteiger partial charge in [0.1, 0.15) is 5.75 Å². The van der Waals surface area contributed by atoms with E-state index in [1.807, 2.05) is 41.3 Å². The molecule has 1 fully saturated rings. The van der Waals surface area contributed by atoms with E-state index in [2.05, 4.69) is 10.1 Å². The summed E-state index contributed by atoms with van der Waals surface area (Å²) in [7, 11) is 0. The smallest absolute Gasteiger partial charge is 0.260 e. The van der Waals surface area contributed by atoms with Crippen molar-refractivity contribution in [2.75, 3.05) is 19.7 Å². The molecule has 0 saturated carbocycles. The van der Waals surface area contributed by atoms with Crippen molar-refractivity contribution in [2.45, 2.75) is 25.7 Å². The van der Waals surface area contributed by atoms with E-state index < -0.39 is 0 Å². The predicted octanol–water partition coefficient (Wildman–Crippen LogP) is 4.84. The highest BCUT2D eigenvalue weighted by Gasteiger charge is 2.18. The van der Waals surface area contributed by atoms with Gasteiger partial charge in [-0.1, -0.05) is 41.7 Å². The molecule has 0 atom stereocenters. The zero-order valence-corrected chi connectivity index (χ0v) is 16.8. The first-order valence-corrected chi connectivity index (χ1v) is 10.2. The topological polar surface area (TPSA) is 68.5 Å². The molecule has 1 aliphatic rings. The maximum Gasteiger partial charge on any atom is 0.260 e. The Hall–Kier alpha value is -2.86. The molecule has 150 valence electrons. The van der Waals surface area contributed by atoms with Gasteiger partial charge in [-0.05, 0) is 49.2 Å². The maximum atomic E-state index is 12.5. The van der Waals surface area contributed by atoms with Crippen LogP contribution in [0, 0.1) is 0 Å². The molecule has 1 aliphatic heterocycles. The van der Waals surface area contributed by atoms with E-state index >= 15 is 0 Å². The quantitative estimate of drug-likeness (QED) is 0.601. The van der Waals surface area contributed by atoms with Gasteiger partial charge >= 0.3 is 0 Å². The number of nitrogens with zero attached hydrogens (tertiary/aromatic N) is 3. The summed E-state index contributed by atoms with van der Waals surface area (Å²) in [5.74, 6) is 1.37. The minimum atomic E-state index is -0.00109. The summed E-state index contributed by atoms with van der Waals surface area (Å²) in [4.78, 5) is 18.9. The number of para-hydroxylation sites is 1. The molecule has 0 N–H and O–H groups in total. The highest BCUT2D eigenvalue weighted by Crippen LogP contribution is 2.30. The molecule has 29 heavy (non-hydrogen) atoms. The number of amides is 1. The summed E-state index contributed by atoms with van der Waals surface area (Å²) in [6.45, 7) is 1.61. The Bertz CT molecular complexity index is 963. The molecule has 1 saturated heterocycles. The average molecular weight is 412 g/mol. The molecule has 6 nitrogen and oxygen atoms in total. The van der Waals surface area contributed by atoms with E-state index in [0.717, 1.165) is 31.5 Å². The molecule has 1 amide bonds. The molecule has 2 aromatic carbocycles. The third-order valence-electron chi connectivity index (χ3n) is 4.96. The summed E-state index contributed by atoms with van der Waals surface area (Å²) in [5.41, 5.74) is 1.46. The number of hydrogen-bond acceptors (Lipinski definition) is 5. The first kappa shape index (κ1) is 19.5. The van der Waals surface area contributed by atoms with Crippen LogP contribution in [0.2, 0.25) is 5.02 Å². The van der Waals surface area contributed by atoms with Gasteiger partial charge in [0.05, 0.1) is 5.56 Å². The summed E-state index contributed by atoms with van der Waals surface area (Å²) in [6.07, 6.45) is 4.47. The Morgan fingerprint density at radius 3 is 2.52 bits per heavy atom. The monoisotopic (exact) mass is 411 g/mol. The van der Waals surface area contributed by atoms with Crippen molar-refractivity contribution in [3.8, 4) is 28.6 Å². The molecule has 3 aromatic rings. The van der Waals surface area contributed by atoms with Gasteiger partial charge in [0.25, 0.3) is 11.8 Å². The van der Waals surface area contributed by atoms with Crippen molar-refractivity contribution >= 4 is 17.5 Å². The number of benzene rings is 2. The van der Waals surface area contributed by atoms with E-state index in [1.165, 1.54) is 12.8 Å². The minimum Gasteiger partial charge on any atom is -0.483 e. The van der Waals surface area contributed by atoms with Crippen LogP contribution in [-0.2, 0) is 4.79 Å². The molecule has 4 rings (SSSR count). The number of likely N-dealkylation sites (tertiary alicyclic amines) is 1. The first-order valence-electron chi connectivity index (χ1n) is 9.80. The van der Waals surface area contributed by atoms with Crippen LogP contribution in [0.1, 0.15) is 25.7 Å². The second kappa shape index (κ2) is 9.09. The molecule has 7 heteroatoms. The zero-order valence-electron chi connectivity index (χ0n) is 16.0. The van der Waals surface area contributed by atoms with Crippen molar-refractivity contribution in [3.63, 3.8) is 0 Å². The average Bonchev–Trinajstić information content (AvgIpc) is 3.07. The first-order chi connectivity index (χ1) is 14.2. The van der Waals surface area contributed by atoms with E-state index in [1.54, 1.807) is 12.1 Å². The van der Waals surface area contributed by atoms with Crippen LogP contribution in [0.3, 0.4) is 0 Å². The third kappa shape index (κ3) is 4.77. The highest BCUT2D eigenvalue weighted by molar-refractivity contribution is 6.30.